The summed E-state index contributed by atoms with van der Waals surface area (Å²) in [5, 5.41) is -0.0776. The Morgan fingerprint density at radius 2 is 2.22 bits per heavy atom. The van der Waals surface area contributed by atoms with E-state index in [4.69, 9.17) is 5.73 Å². The molecule has 0 fully saturated rings. The molecule has 0 bridgehead atoms. The highest BCUT2D eigenvalue weighted by molar-refractivity contribution is 9.10. The zero-order valence-electron chi connectivity index (χ0n) is 9.33. The monoisotopic (exact) mass is 331 g/mol. The molecule has 0 spiro atoms. The van der Waals surface area contributed by atoms with Crippen molar-refractivity contribution in [2.75, 3.05) is 10.5 Å². The summed E-state index contributed by atoms with van der Waals surface area (Å²) in [6, 6.07) is 1.54. The summed E-state index contributed by atoms with van der Waals surface area (Å²) < 4.78 is 28.6. The van der Waals surface area contributed by atoms with E-state index in [1.165, 1.54) is 29.4 Å². The molecule has 0 atom stereocenters. The number of pyridine rings is 1. The van der Waals surface area contributed by atoms with E-state index in [0.29, 0.717) is 10.2 Å². The van der Waals surface area contributed by atoms with Crippen LogP contribution in [0.25, 0.3) is 0 Å². The van der Waals surface area contributed by atoms with E-state index in [9.17, 15) is 8.42 Å². The van der Waals surface area contributed by atoms with Gasteiger partial charge in [-0.2, -0.15) is 8.42 Å². The molecule has 96 valence electrons. The van der Waals surface area contributed by atoms with Gasteiger partial charge in [-0.25, -0.2) is 4.98 Å². The lowest BCUT2D eigenvalue weighted by Gasteiger charge is -2.09. The number of imidazole rings is 1. The van der Waals surface area contributed by atoms with E-state index < -0.39 is 10.0 Å². The van der Waals surface area contributed by atoms with Gasteiger partial charge in [-0.3, -0.25) is 9.71 Å². The highest BCUT2D eigenvalue weighted by atomic mass is 79.9. The van der Waals surface area contributed by atoms with Crippen molar-refractivity contribution in [2.24, 2.45) is 7.05 Å². The topological polar surface area (TPSA) is 103 Å². The van der Waals surface area contributed by atoms with Gasteiger partial charge in [0.25, 0.3) is 10.0 Å². The Hall–Kier alpha value is -1.61. The summed E-state index contributed by atoms with van der Waals surface area (Å²) in [4.78, 5) is 7.59. The van der Waals surface area contributed by atoms with Crippen molar-refractivity contribution < 1.29 is 8.42 Å². The smallest absolute Gasteiger partial charge is 0.281 e. The molecule has 0 aliphatic carbocycles. The van der Waals surface area contributed by atoms with Gasteiger partial charge >= 0.3 is 0 Å². The first-order valence-electron chi connectivity index (χ1n) is 4.81. The molecule has 0 aliphatic heterocycles. The van der Waals surface area contributed by atoms with Crippen LogP contribution in [-0.2, 0) is 17.1 Å². The van der Waals surface area contributed by atoms with Crippen molar-refractivity contribution in [1.29, 1.82) is 0 Å². The molecule has 2 aromatic rings. The highest BCUT2D eigenvalue weighted by Gasteiger charge is 2.23. The molecule has 0 saturated heterocycles. The third kappa shape index (κ3) is 2.31. The Morgan fingerprint density at radius 3 is 2.78 bits per heavy atom. The number of nitrogens with zero attached hydrogens (tertiary/aromatic N) is 3. The SMILES string of the molecule is Cn1cnc(N)c1S(=O)(=O)Nc1ccncc1Br. The lowest BCUT2D eigenvalue weighted by atomic mass is 10.4. The summed E-state index contributed by atoms with van der Waals surface area (Å²) in [5.41, 5.74) is 5.92. The van der Waals surface area contributed by atoms with Crippen LogP contribution in [0.3, 0.4) is 0 Å². The third-order valence-corrected chi connectivity index (χ3v) is 4.31. The average Bonchev–Trinajstić information content (AvgIpc) is 2.62. The van der Waals surface area contributed by atoms with Crippen molar-refractivity contribution in [2.45, 2.75) is 5.03 Å². The van der Waals surface area contributed by atoms with Crippen molar-refractivity contribution in [3.05, 3.63) is 29.3 Å². The minimum absolute atomic E-state index is 0.0461. The minimum Gasteiger partial charge on any atom is -0.381 e. The van der Waals surface area contributed by atoms with E-state index in [0.717, 1.165) is 0 Å². The van der Waals surface area contributed by atoms with Crippen LogP contribution in [0.2, 0.25) is 0 Å². The molecule has 9 heteroatoms. The van der Waals surface area contributed by atoms with Gasteiger partial charge in [-0.1, -0.05) is 0 Å². The maximum absolute atomic E-state index is 12.2. The maximum Gasteiger partial charge on any atom is 0.281 e. The summed E-state index contributed by atoms with van der Waals surface area (Å²) in [7, 11) is -2.23. The summed E-state index contributed by atoms with van der Waals surface area (Å²) >= 11 is 3.21. The Kier molecular flexibility index (Phi) is 3.26. The van der Waals surface area contributed by atoms with Crippen LogP contribution in [0.15, 0.2) is 34.3 Å². The molecule has 0 amide bonds. The zero-order valence-corrected chi connectivity index (χ0v) is 11.7. The molecule has 0 aliphatic rings. The normalized spacial score (nSPS) is 11.4. The number of hydrogen-bond acceptors (Lipinski definition) is 5. The van der Waals surface area contributed by atoms with Crippen LogP contribution < -0.4 is 10.5 Å². The zero-order chi connectivity index (χ0) is 13.3. The Balaban J connectivity index is 2.43. The largest absolute Gasteiger partial charge is 0.381 e. The molecule has 18 heavy (non-hydrogen) atoms. The molecule has 3 N–H and O–H groups in total. The second kappa shape index (κ2) is 4.58. The number of nitrogen functional groups attached to an aromatic ring is 1. The first-order valence-corrected chi connectivity index (χ1v) is 7.08. The van der Waals surface area contributed by atoms with Crippen LogP contribution in [0.4, 0.5) is 11.5 Å². The predicted octanol–water partition coefficient (Wildman–Crippen LogP) is 0.961. The second-order valence-electron chi connectivity index (χ2n) is 3.51. The molecular weight excluding hydrogens is 322 g/mol. The number of anilines is 2. The molecule has 0 unspecified atom stereocenters. The van der Waals surface area contributed by atoms with Gasteiger partial charge in [0.1, 0.15) is 0 Å². The van der Waals surface area contributed by atoms with Gasteiger partial charge in [0, 0.05) is 19.4 Å². The number of hydrogen-bond donors (Lipinski definition) is 2. The van der Waals surface area contributed by atoms with Gasteiger partial charge < -0.3 is 10.3 Å². The average molecular weight is 332 g/mol. The molecule has 0 aromatic carbocycles. The van der Waals surface area contributed by atoms with Gasteiger partial charge in [0.05, 0.1) is 16.5 Å². The molecule has 2 aromatic heterocycles. The van der Waals surface area contributed by atoms with Crippen molar-refractivity contribution in [3.8, 4) is 0 Å². The van der Waals surface area contributed by atoms with Gasteiger partial charge in [0.2, 0.25) is 0 Å². The van der Waals surface area contributed by atoms with Gasteiger partial charge in [-0.05, 0) is 22.0 Å². The number of sulfonamides is 1. The quantitative estimate of drug-likeness (QED) is 0.871. The van der Waals surface area contributed by atoms with Crippen LogP contribution in [-0.4, -0.2) is 23.0 Å². The number of aryl methyl sites for hydroxylation is 1. The van der Waals surface area contributed by atoms with Crippen LogP contribution in [0.5, 0.6) is 0 Å². The van der Waals surface area contributed by atoms with Crippen LogP contribution in [0.1, 0.15) is 0 Å². The number of aromatic nitrogens is 3. The highest BCUT2D eigenvalue weighted by Crippen LogP contribution is 2.25. The van der Waals surface area contributed by atoms with E-state index >= 15 is 0 Å². The first-order chi connectivity index (χ1) is 8.42. The van der Waals surface area contributed by atoms with E-state index in [1.54, 1.807) is 7.05 Å². The predicted molar refractivity (Wildman–Crippen MR) is 70.4 cm³/mol. The summed E-state index contributed by atoms with van der Waals surface area (Å²) in [6.45, 7) is 0. The second-order valence-corrected chi connectivity index (χ2v) is 5.96. The Morgan fingerprint density at radius 1 is 1.50 bits per heavy atom. The van der Waals surface area contributed by atoms with Gasteiger partial charge in [-0.15, -0.1) is 0 Å². The number of nitrogens with two attached hydrogens (primary N) is 1. The number of nitrogens with one attached hydrogen (secondary N) is 1. The fourth-order valence-electron chi connectivity index (χ4n) is 1.42. The van der Waals surface area contributed by atoms with E-state index in [2.05, 4.69) is 30.6 Å². The standard InChI is InChI=1S/C9H10BrN5O2S/c1-15-5-13-8(11)9(15)18(16,17)14-7-2-3-12-4-6(7)10/h2-5H,11H2,1H3,(H,12,14). The lowest BCUT2D eigenvalue weighted by molar-refractivity contribution is 0.592. The van der Waals surface area contributed by atoms with Crippen molar-refractivity contribution in [1.82, 2.24) is 14.5 Å². The van der Waals surface area contributed by atoms with Crippen molar-refractivity contribution >= 4 is 37.5 Å². The lowest BCUT2D eigenvalue weighted by Crippen LogP contribution is -2.17. The molecule has 2 rings (SSSR count). The number of halogens is 1. The minimum atomic E-state index is -3.79. The van der Waals surface area contributed by atoms with Crippen LogP contribution in [0, 0.1) is 0 Å². The van der Waals surface area contributed by atoms with Gasteiger partial charge in [0.15, 0.2) is 10.8 Å². The molecule has 0 saturated carbocycles. The fraction of sp³-hybridized carbons (Fsp3) is 0.111. The van der Waals surface area contributed by atoms with Crippen molar-refractivity contribution in [3.63, 3.8) is 0 Å². The Labute approximate surface area is 112 Å². The summed E-state index contributed by atoms with van der Waals surface area (Å²) in [6.07, 6.45) is 4.31. The fourth-order valence-corrected chi connectivity index (χ4v) is 3.21. The summed E-state index contributed by atoms with van der Waals surface area (Å²) in [5.74, 6) is -0.0461. The third-order valence-electron chi connectivity index (χ3n) is 2.18. The van der Waals surface area contributed by atoms with E-state index in [1.807, 2.05) is 0 Å². The molecule has 0 radical (unpaired) electrons. The first kappa shape index (κ1) is 12.8. The molecule has 7 nitrogen and oxygen atoms in total. The maximum atomic E-state index is 12.2. The molecule has 2 heterocycles. The van der Waals surface area contributed by atoms with Crippen LogP contribution >= 0.6 is 15.9 Å². The van der Waals surface area contributed by atoms with E-state index in [-0.39, 0.29) is 10.8 Å². The number of rotatable bonds is 3. The molecular formula is C9H10BrN5O2S. The Bertz CT molecular complexity index is 663.